The van der Waals surface area contributed by atoms with Crippen molar-refractivity contribution in [2.45, 2.75) is 58.3 Å². The second-order valence-electron chi connectivity index (χ2n) is 8.07. The van der Waals surface area contributed by atoms with Gasteiger partial charge in [-0.1, -0.05) is 30.7 Å². The van der Waals surface area contributed by atoms with E-state index in [1.165, 1.54) is 0 Å². The Morgan fingerprint density at radius 3 is 2.70 bits per heavy atom. The number of ether oxygens (including phenoxy) is 1. The van der Waals surface area contributed by atoms with Crippen molar-refractivity contribution < 1.29 is 14.3 Å². The molecule has 30 heavy (non-hydrogen) atoms. The Labute approximate surface area is 182 Å². The van der Waals surface area contributed by atoms with Crippen LogP contribution in [0.15, 0.2) is 30.3 Å². The number of likely N-dealkylation sites (tertiary alicyclic amines) is 1. The lowest BCUT2D eigenvalue weighted by Crippen LogP contribution is -2.35. The summed E-state index contributed by atoms with van der Waals surface area (Å²) < 4.78 is 7.58. The molecule has 6 nitrogen and oxygen atoms in total. The van der Waals surface area contributed by atoms with E-state index in [4.69, 9.17) is 16.3 Å². The van der Waals surface area contributed by atoms with Gasteiger partial charge in [-0.15, -0.1) is 0 Å². The molecule has 4 rings (SSSR count). The number of nitrogens with one attached hydrogen (secondary N) is 1. The SMILES string of the molecule is CC[C@@H](NC(=O)c1cc(C(=O)N2CCCC2C)n2c1COCC2)c1ccc(Cl)cc1. The van der Waals surface area contributed by atoms with Crippen molar-refractivity contribution in [2.75, 3.05) is 13.2 Å². The first-order valence-corrected chi connectivity index (χ1v) is 11.0. The van der Waals surface area contributed by atoms with Gasteiger partial charge in [-0.05, 0) is 49.9 Å². The quantitative estimate of drug-likeness (QED) is 0.775. The number of halogens is 1. The number of aromatic nitrogens is 1. The smallest absolute Gasteiger partial charge is 0.270 e. The molecular formula is C23H28ClN3O3. The molecule has 2 atom stereocenters. The molecule has 1 aromatic heterocycles. The Bertz CT molecular complexity index is 938. The molecule has 2 aromatic rings. The van der Waals surface area contributed by atoms with E-state index in [9.17, 15) is 9.59 Å². The van der Waals surface area contributed by atoms with Crippen molar-refractivity contribution in [3.05, 3.63) is 57.9 Å². The first kappa shape index (κ1) is 20.9. The maximum absolute atomic E-state index is 13.2. The van der Waals surface area contributed by atoms with Crippen molar-refractivity contribution in [3.63, 3.8) is 0 Å². The summed E-state index contributed by atoms with van der Waals surface area (Å²) in [6, 6.07) is 9.36. The van der Waals surface area contributed by atoms with E-state index in [0.29, 0.717) is 36.0 Å². The number of carbonyl (C=O) groups is 2. The molecule has 1 unspecified atom stereocenters. The zero-order valence-electron chi connectivity index (χ0n) is 17.5. The molecule has 0 saturated carbocycles. The normalized spacial score (nSPS) is 19.4. The number of fused-ring (bicyclic) bond motifs is 1. The van der Waals surface area contributed by atoms with Crippen LogP contribution >= 0.6 is 11.6 Å². The van der Waals surface area contributed by atoms with Gasteiger partial charge in [0.1, 0.15) is 5.69 Å². The summed E-state index contributed by atoms with van der Waals surface area (Å²) in [5.74, 6) is -0.175. The van der Waals surface area contributed by atoms with Gasteiger partial charge in [0.15, 0.2) is 0 Å². The molecule has 1 aromatic carbocycles. The minimum Gasteiger partial charge on any atom is -0.373 e. The second kappa shape index (κ2) is 8.82. The highest BCUT2D eigenvalue weighted by Crippen LogP contribution is 2.27. The molecule has 2 amide bonds. The average molecular weight is 430 g/mol. The molecule has 3 heterocycles. The highest BCUT2D eigenvalue weighted by atomic mass is 35.5. The van der Waals surface area contributed by atoms with Gasteiger partial charge in [0, 0.05) is 24.2 Å². The molecule has 1 N–H and O–H groups in total. The Balaban J connectivity index is 1.61. The highest BCUT2D eigenvalue weighted by Gasteiger charge is 2.32. The van der Waals surface area contributed by atoms with E-state index < -0.39 is 0 Å². The maximum atomic E-state index is 13.2. The third kappa shape index (κ3) is 3.98. The van der Waals surface area contributed by atoms with Crippen LogP contribution in [0.2, 0.25) is 5.02 Å². The molecule has 0 aliphatic carbocycles. The summed E-state index contributed by atoms with van der Waals surface area (Å²) in [4.78, 5) is 28.4. The lowest BCUT2D eigenvalue weighted by Gasteiger charge is -2.24. The van der Waals surface area contributed by atoms with Gasteiger partial charge >= 0.3 is 0 Å². The summed E-state index contributed by atoms with van der Waals surface area (Å²) in [6.07, 6.45) is 2.79. The van der Waals surface area contributed by atoms with E-state index in [2.05, 4.69) is 12.2 Å². The predicted octanol–water partition coefficient (Wildman–Crippen LogP) is 4.18. The molecular weight excluding hydrogens is 402 g/mol. The minimum atomic E-state index is -0.181. The molecule has 2 aliphatic heterocycles. The first-order chi connectivity index (χ1) is 14.5. The van der Waals surface area contributed by atoms with Crippen molar-refractivity contribution in [2.24, 2.45) is 0 Å². The standard InChI is InChI=1S/C23H28ClN3O3/c1-3-19(16-6-8-17(24)9-7-16)25-22(28)18-13-20(27-11-12-30-14-21(18)27)23(29)26-10-4-5-15(26)2/h6-9,13,15,19H,3-5,10-12,14H2,1-2H3,(H,25,28)/t15?,19-/m1/s1. The molecule has 160 valence electrons. The number of amides is 2. The zero-order chi connectivity index (χ0) is 21.3. The summed E-state index contributed by atoms with van der Waals surface area (Å²) in [7, 11) is 0. The van der Waals surface area contributed by atoms with Gasteiger partial charge in [0.2, 0.25) is 0 Å². The van der Waals surface area contributed by atoms with Gasteiger partial charge in [-0.2, -0.15) is 0 Å². The van der Waals surface area contributed by atoms with Crippen LogP contribution in [0.3, 0.4) is 0 Å². The van der Waals surface area contributed by atoms with Crippen LogP contribution in [0, 0.1) is 0 Å². The average Bonchev–Trinajstić information content (AvgIpc) is 3.36. The topological polar surface area (TPSA) is 63.6 Å². The minimum absolute atomic E-state index is 0.00643. The summed E-state index contributed by atoms with van der Waals surface area (Å²) >= 11 is 6.00. The van der Waals surface area contributed by atoms with E-state index in [1.807, 2.05) is 40.7 Å². The van der Waals surface area contributed by atoms with E-state index >= 15 is 0 Å². The van der Waals surface area contributed by atoms with Crippen LogP contribution in [0.1, 0.15) is 71.3 Å². The van der Waals surface area contributed by atoms with E-state index in [-0.39, 0.29) is 23.9 Å². The van der Waals surface area contributed by atoms with Gasteiger partial charge in [0.25, 0.3) is 11.8 Å². The van der Waals surface area contributed by atoms with Crippen LogP contribution in [-0.4, -0.2) is 40.5 Å². The first-order valence-electron chi connectivity index (χ1n) is 10.7. The van der Waals surface area contributed by atoms with Crippen molar-refractivity contribution in [3.8, 4) is 0 Å². The van der Waals surface area contributed by atoms with Crippen molar-refractivity contribution in [1.29, 1.82) is 0 Å². The molecule has 0 radical (unpaired) electrons. The summed E-state index contributed by atoms with van der Waals surface area (Å²) in [6.45, 7) is 6.35. The fourth-order valence-electron chi connectivity index (χ4n) is 4.43. The Morgan fingerprint density at radius 2 is 2.03 bits per heavy atom. The van der Waals surface area contributed by atoms with Crippen molar-refractivity contribution in [1.82, 2.24) is 14.8 Å². The number of nitrogens with zero attached hydrogens (tertiary/aromatic N) is 2. The number of rotatable bonds is 5. The van der Waals surface area contributed by atoms with Crippen LogP contribution in [0.25, 0.3) is 0 Å². The number of carbonyl (C=O) groups excluding carboxylic acids is 2. The third-order valence-electron chi connectivity index (χ3n) is 6.17. The lowest BCUT2D eigenvalue weighted by molar-refractivity contribution is 0.0683. The number of hydrogen-bond donors (Lipinski definition) is 1. The van der Waals surface area contributed by atoms with E-state index in [0.717, 1.165) is 37.1 Å². The summed E-state index contributed by atoms with van der Waals surface area (Å²) in [5.41, 5.74) is 2.89. The van der Waals surface area contributed by atoms with Crippen LogP contribution in [0.4, 0.5) is 0 Å². The predicted molar refractivity (Wildman–Crippen MR) is 116 cm³/mol. The largest absolute Gasteiger partial charge is 0.373 e. The molecule has 1 fully saturated rings. The van der Waals surface area contributed by atoms with Gasteiger partial charge in [-0.25, -0.2) is 0 Å². The molecule has 1 saturated heterocycles. The van der Waals surface area contributed by atoms with Crippen LogP contribution in [-0.2, 0) is 17.9 Å². The molecule has 0 spiro atoms. The fraction of sp³-hybridized carbons (Fsp3) is 0.478. The maximum Gasteiger partial charge on any atom is 0.270 e. The third-order valence-corrected chi connectivity index (χ3v) is 6.42. The van der Waals surface area contributed by atoms with Crippen molar-refractivity contribution >= 4 is 23.4 Å². The second-order valence-corrected chi connectivity index (χ2v) is 8.51. The van der Waals surface area contributed by atoms with E-state index in [1.54, 1.807) is 6.07 Å². The van der Waals surface area contributed by atoms with Crippen LogP contribution in [0.5, 0.6) is 0 Å². The lowest BCUT2D eigenvalue weighted by atomic mass is 10.0. The van der Waals surface area contributed by atoms with Gasteiger partial charge in [0.05, 0.1) is 30.5 Å². The Kier molecular flexibility index (Phi) is 6.16. The number of hydrogen-bond acceptors (Lipinski definition) is 3. The highest BCUT2D eigenvalue weighted by molar-refractivity contribution is 6.30. The Hall–Kier alpha value is -2.31. The van der Waals surface area contributed by atoms with Gasteiger partial charge in [-0.3, -0.25) is 9.59 Å². The summed E-state index contributed by atoms with van der Waals surface area (Å²) in [5, 5.41) is 3.79. The Morgan fingerprint density at radius 1 is 1.27 bits per heavy atom. The fourth-order valence-corrected chi connectivity index (χ4v) is 4.56. The monoisotopic (exact) mass is 429 g/mol. The molecule has 0 bridgehead atoms. The molecule has 7 heteroatoms. The number of benzene rings is 1. The molecule has 2 aliphatic rings. The van der Waals surface area contributed by atoms with Gasteiger partial charge < -0.3 is 19.5 Å². The van der Waals surface area contributed by atoms with Crippen LogP contribution < -0.4 is 5.32 Å². The zero-order valence-corrected chi connectivity index (χ0v) is 18.2.